The van der Waals surface area contributed by atoms with E-state index in [1.54, 1.807) is 7.11 Å². The minimum atomic E-state index is -0.124. The molecule has 21 heavy (non-hydrogen) atoms. The molecule has 0 unspecified atom stereocenters. The molecule has 1 aliphatic heterocycles. The highest BCUT2D eigenvalue weighted by Gasteiger charge is 2.41. The van der Waals surface area contributed by atoms with Gasteiger partial charge in [-0.05, 0) is 56.1 Å². The number of halogens is 1. The first-order valence-electron chi connectivity index (χ1n) is 7.37. The van der Waals surface area contributed by atoms with E-state index in [1.165, 1.54) is 25.7 Å². The van der Waals surface area contributed by atoms with Gasteiger partial charge in [0.05, 0.1) is 7.11 Å². The van der Waals surface area contributed by atoms with E-state index in [0.29, 0.717) is 10.1 Å². The molecule has 1 heterocycles. The summed E-state index contributed by atoms with van der Waals surface area (Å²) in [7, 11) is 1.65. The van der Waals surface area contributed by atoms with E-state index >= 15 is 0 Å². The summed E-state index contributed by atoms with van der Waals surface area (Å²) in [5, 5.41) is 6.71. The Hall–Kier alpha value is -1.04. The van der Waals surface area contributed by atoms with Gasteiger partial charge in [-0.15, -0.1) is 0 Å². The van der Waals surface area contributed by atoms with Crippen LogP contribution in [0.15, 0.2) is 18.2 Å². The highest BCUT2D eigenvalue weighted by Crippen LogP contribution is 2.35. The second-order valence-electron chi connectivity index (χ2n) is 5.69. The summed E-state index contributed by atoms with van der Waals surface area (Å²) in [6, 6.07) is 5.55. The summed E-state index contributed by atoms with van der Waals surface area (Å²) < 4.78 is 5.43. The molecule has 114 valence electrons. The van der Waals surface area contributed by atoms with Crippen LogP contribution >= 0.6 is 23.8 Å². The predicted molar refractivity (Wildman–Crippen MR) is 89.8 cm³/mol. The molecule has 1 aromatic carbocycles. The summed E-state index contributed by atoms with van der Waals surface area (Å²) in [6.45, 7) is 0. The highest BCUT2D eigenvalue weighted by molar-refractivity contribution is 7.80. The fourth-order valence-corrected chi connectivity index (χ4v) is 3.64. The Balaban J connectivity index is 1.89. The molecule has 0 radical (unpaired) electrons. The fraction of sp³-hybridized carbons (Fsp3) is 0.533. The van der Waals surface area contributed by atoms with Crippen molar-refractivity contribution in [3.05, 3.63) is 23.2 Å². The van der Waals surface area contributed by atoms with Gasteiger partial charge in [0.15, 0.2) is 5.11 Å². The van der Waals surface area contributed by atoms with Crippen molar-refractivity contribution in [2.24, 2.45) is 0 Å². The highest BCUT2D eigenvalue weighted by atomic mass is 35.5. The zero-order chi connectivity index (χ0) is 14.9. The molecule has 0 amide bonds. The van der Waals surface area contributed by atoms with Crippen molar-refractivity contribution in [1.82, 2.24) is 10.7 Å². The molecule has 1 saturated heterocycles. The van der Waals surface area contributed by atoms with Crippen LogP contribution in [0.5, 0.6) is 5.75 Å². The third-order valence-corrected chi connectivity index (χ3v) is 4.73. The quantitative estimate of drug-likeness (QED) is 0.813. The second-order valence-corrected chi connectivity index (χ2v) is 6.51. The number of nitrogens with one attached hydrogen (secondary N) is 2. The predicted octanol–water partition coefficient (Wildman–Crippen LogP) is 3.60. The topological polar surface area (TPSA) is 36.5 Å². The van der Waals surface area contributed by atoms with Crippen molar-refractivity contribution in [1.29, 1.82) is 0 Å². The van der Waals surface area contributed by atoms with Crippen LogP contribution in [0.2, 0.25) is 5.02 Å². The molecule has 6 heteroatoms. The minimum Gasteiger partial charge on any atom is -0.495 e. The maximum Gasteiger partial charge on any atom is 0.189 e. The Morgan fingerprint density at radius 3 is 2.62 bits per heavy atom. The molecule has 0 aromatic heterocycles. The number of hydrazine groups is 1. The van der Waals surface area contributed by atoms with Gasteiger partial charge in [-0.3, -0.25) is 0 Å². The van der Waals surface area contributed by atoms with E-state index in [9.17, 15) is 0 Å². The first kappa shape index (κ1) is 14.9. The van der Waals surface area contributed by atoms with Crippen LogP contribution in [-0.4, -0.2) is 17.9 Å². The van der Waals surface area contributed by atoms with Crippen LogP contribution in [0.3, 0.4) is 0 Å². The Bertz CT molecular complexity index is 544. The molecular formula is C15H20ClN3OS. The Kier molecular flexibility index (Phi) is 4.24. The molecule has 1 aliphatic carbocycles. The summed E-state index contributed by atoms with van der Waals surface area (Å²) >= 11 is 11.7. The summed E-state index contributed by atoms with van der Waals surface area (Å²) in [5.74, 6) is 0.752. The fourth-order valence-electron chi connectivity index (χ4n) is 3.13. The van der Waals surface area contributed by atoms with Gasteiger partial charge in [-0.1, -0.05) is 24.4 Å². The van der Waals surface area contributed by atoms with Crippen LogP contribution in [0.4, 0.5) is 5.69 Å². The molecular weight excluding hydrogens is 306 g/mol. The average Bonchev–Trinajstić information content (AvgIpc) is 2.64. The summed E-state index contributed by atoms with van der Waals surface area (Å²) in [5.41, 5.74) is 4.28. The van der Waals surface area contributed by atoms with E-state index in [-0.39, 0.29) is 5.66 Å². The van der Waals surface area contributed by atoms with Gasteiger partial charge in [0.1, 0.15) is 17.1 Å². The largest absolute Gasteiger partial charge is 0.495 e. The molecule has 1 saturated carbocycles. The first-order valence-corrected chi connectivity index (χ1v) is 8.16. The van der Waals surface area contributed by atoms with Crippen molar-refractivity contribution in [2.45, 2.75) is 44.2 Å². The number of hydrogen-bond acceptors (Lipinski definition) is 3. The standard InChI is InChI=1S/C15H20ClN3OS/c1-20-13-7-6-11(16)10-12(13)19-14(21)17-15(18-19)8-4-2-3-5-9-15/h6-7,10,18H,2-5,8-9H2,1H3,(H,17,21). The smallest absolute Gasteiger partial charge is 0.189 e. The minimum absolute atomic E-state index is 0.124. The number of ether oxygens (including phenoxy) is 1. The maximum absolute atomic E-state index is 6.13. The SMILES string of the molecule is COc1ccc(Cl)cc1N1NC2(CCCCCC2)NC1=S. The van der Waals surface area contributed by atoms with E-state index in [0.717, 1.165) is 24.3 Å². The van der Waals surface area contributed by atoms with Gasteiger partial charge in [0.2, 0.25) is 0 Å². The van der Waals surface area contributed by atoms with Gasteiger partial charge >= 0.3 is 0 Å². The second kappa shape index (κ2) is 5.99. The van der Waals surface area contributed by atoms with Crippen LogP contribution < -0.4 is 20.5 Å². The third kappa shape index (κ3) is 2.96. The lowest BCUT2D eigenvalue weighted by atomic mass is 10.0. The molecule has 4 nitrogen and oxygen atoms in total. The lowest BCUT2D eigenvalue weighted by Gasteiger charge is -2.28. The number of benzene rings is 1. The van der Waals surface area contributed by atoms with Crippen molar-refractivity contribution in [3.8, 4) is 5.75 Å². The van der Waals surface area contributed by atoms with Gasteiger partial charge in [-0.2, -0.15) is 0 Å². The molecule has 1 spiro atoms. The molecule has 2 fully saturated rings. The van der Waals surface area contributed by atoms with E-state index in [1.807, 2.05) is 23.2 Å². The van der Waals surface area contributed by atoms with Gasteiger partial charge in [0, 0.05) is 5.02 Å². The van der Waals surface area contributed by atoms with Crippen LogP contribution in [0.1, 0.15) is 38.5 Å². The third-order valence-electron chi connectivity index (χ3n) is 4.21. The first-order chi connectivity index (χ1) is 10.1. The van der Waals surface area contributed by atoms with Crippen LogP contribution in [-0.2, 0) is 0 Å². The van der Waals surface area contributed by atoms with Crippen molar-refractivity contribution < 1.29 is 4.74 Å². The maximum atomic E-state index is 6.13. The van der Waals surface area contributed by atoms with Crippen molar-refractivity contribution in [3.63, 3.8) is 0 Å². The number of rotatable bonds is 2. The Morgan fingerprint density at radius 1 is 1.24 bits per heavy atom. The molecule has 2 aliphatic rings. The molecule has 1 aromatic rings. The van der Waals surface area contributed by atoms with E-state index in [4.69, 9.17) is 28.6 Å². The van der Waals surface area contributed by atoms with Crippen molar-refractivity contribution in [2.75, 3.05) is 12.1 Å². The average molecular weight is 326 g/mol. The zero-order valence-electron chi connectivity index (χ0n) is 12.1. The Morgan fingerprint density at radius 2 is 1.95 bits per heavy atom. The van der Waals surface area contributed by atoms with Crippen molar-refractivity contribution >= 4 is 34.6 Å². The van der Waals surface area contributed by atoms with E-state index in [2.05, 4.69) is 10.7 Å². The molecule has 0 atom stereocenters. The van der Waals surface area contributed by atoms with Gasteiger partial charge in [-0.25, -0.2) is 10.4 Å². The normalized spacial score (nSPS) is 21.2. The van der Waals surface area contributed by atoms with Crippen LogP contribution in [0, 0.1) is 0 Å². The summed E-state index contributed by atoms with van der Waals surface area (Å²) in [4.78, 5) is 0. The Labute approximate surface area is 135 Å². The monoisotopic (exact) mass is 325 g/mol. The molecule has 0 bridgehead atoms. The summed E-state index contributed by atoms with van der Waals surface area (Å²) in [6.07, 6.45) is 7.15. The molecule has 3 rings (SSSR count). The number of hydrogen-bond donors (Lipinski definition) is 2. The van der Waals surface area contributed by atoms with Gasteiger partial charge in [0.25, 0.3) is 0 Å². The zero-order valence-corrected chi connectivity index (χ0v) is 13.7. The number of methoxy groups -OCH3 is 1. The van der Waals surface area contributed by atoms with E-state index < -0.39 is 0 Å². The number of anilines is 1. The lowest BCUT2D eigenvalue weighted by molar-refractivity contribution is 0.295. The number of thiocarbonyl (C=S) groups is 1. The van der Waals surface area contributed by atoms with Crippen LogP contribution in [0.25, 0.3) is 0 Å². The number of nitrogens with zero attached hydrogens (tertiary/aromatic N) is 1. The molecule has 2 N–H and O–H groups in total. The van der Waals surface area contributed by atoms with Gasteiger partial charge < -0.3 is 10.1 Å². The lowest BCUT2D eigenvalue weighted by Crippen LogP contribution is -2.50.